The molecule has 0 heterocycles. The topological polar surface area (TPSA) is 50.4 Å². The molecule has 2 N–H and O–H groups in total. The van der Waals surface area contributed by atoms with E-state index in [1.165, 1.54) is 0 Å². The number of rotatable bonds is 9. The lowest BCUT2D eigenvalue weighted by molar-refractivity contribution is -0.120. The highest BCUT2D eigenvalue weighted by Crippen LogP contribution is 2.18. The lowest BCUT2D eigenvalue weighted by Gasteiger charge is -2.07. The monoisotopic (exact) mass is 228 g/mol. The summed E-state index contributed by atoms with van der Waals surface area (Å²) < 4.78 is 5.44. The summed E-state index contributed by atoms with van der Waals surface area (Å²) in [6, 6.07) is 0.462. The first kappa shape index (κ1) is 13.5. The van der Waals surface area contributed by atoms with E-state index in [0.29, 0.717) is 18.5 Å². The van der Waals surface area contributed by atoms with Crippen LogP contribution in [0.1, 0.15) is 33.1 Å². The molecule has 1 rings (SSSR count). The second kappa shape index (κ2) is 7.63. The summed E-state index contributed by atoms with van der Waals surface area (Å²) >= 11 is 0. The van der Waals surface area contributed by atoms with E-state index in [1.807, 2.05) is 0 Å². The van der Waals surface area contributed by atoms with Gasteiger partial charge in [0.2, 0.25) is 5.91 Å². The normalized spacial score (nSPS) is 15.4. The Bertz CT molecular complexity index is 203. The van der Waals surface area contributed by atoms with Crippen LogP contribution in [0.4, 0.5) is 0 Å². The van der Waals surface area contributed by atoms with Gasteiger partial charge in [-0.2, -0.15) is 0 Å². The molecule has 0 atom stereocenters. The van der Waals surface area contributed by atoms with E-state index < -0.39 is 0 Å². The first-order valence-electron chi connectivity index (χ1n) is 6.26. The van der Waals surface area contributed by atoms with E-state index in [2.05, 4.69) is 24.5 Å². The molecule has 16 heavy (non-hydrogen) atoms. The smallest absolute Gasteiger partial charge is 0.234 e. The predicted octanol–water partition coefficient (Wildman–Crippen LogP) is 0.917. The van der Waals surface area contributed by atoms with Crippen molar-refractivity contribution in [1.29, 1.82) is 0 Å². The summed E-state index contributed by atoms with van der Waals surface area (Å²) in [5.74, 6) is 0.711. The van der Waals surface area contributed by atoms with Gasteiger partial charge in [-0.3, -0.25) is 4.79 Å². The molecular formula is C12H24N2O2. The van der Waals surface area contributed by atoms with Gasteiger partial charge in [0, 0.05) is 19.3 Å². The van der Waals surface area contributed by atoms with Crippen LogP contribution in [-0.2, 0) is 9.53 Å². The van der Waals surface area contributed by atoms with Crippen molar-refractivity contribution in [3.63, 3.8) is 0 Å². The van der Waals surface area contributed by atoms with Gasteiger partial charge in [0.15, 0.2) is 0 Å². The van der Waals surface area contributed by atoms with Gasteiger partial charge in [-0.1, -0.05) is 13.8 Å². The van der Waals surface area contributed by atoms with E-state index in [4.69, 9.17) is 4.74 Å². The van der Waals surface area contributed by atoms with Crippen molar-refractivity contribution in [2.24, 2.45) is 5.92 Å². The molecule has 1 aliphatic rings. The van der Waals surface area contributed by atoms with Crippen LogP contribution >= 0.6 is 0 Å². The zero-order valence-electron chi connectivity index (χ0n) is 10.4. The van der Waals surface area contributed by atoms with Crippen molar-refractivity contribution in [2.45, 2.75) is 39.2 Å². The van der Waals surface area contributed by atoms with Crippen LogP contribution < -0.4 is 10.6 Å². The first-order valence-corrected chi connectivity index (χ1v) is 6.26. The van der Waals surface area contributed by atoms with Crippen molar-refractivity contribution in [2.75, 3.05) is 26.3 Å². The van der Waals surface area contributed by atoms with Gasteiger partial charge in [0.25, 0.3) is 0 Å². The molecule has 0 aromatic carbocycles. The van der Waals surface area contributed by atoms with E-state index in [-0.39, 0.29) is 5.91 Å². The zero-order valence-corrected chi connectivity index (χ0v) is 10.4. The molecule has 1 amide bonds. The molecule has 0 aliphatic heterocycles. The Hall–Kier alpha value is -0.610. The molecule has 0 aromatic heterocycles. The molecule has 1 fully saturated rings. The average Bonchev–Trinajstić information content (AvgIpc) is 2.99. The summed E-state index contributed by atoms with van der Waals surface area (Å²) in [4.78, 5) is 11.3. The van der Waals surface area contributed by atoms with Gasteiger partial charge in [0.1, 0.15) is 0 Å². The summed E-state index contributed by atoms with van der Waals surface area (Å²) in [5, 5.41) is 6.05. The zero-order chi connectivity index (χ0) is 11.8. The maximum absolute atomic E-state index is 11.3. The second-order valence-corrected chi connectivity index (χ2v) is 4.84. The standard InChI is InChI=1S/C12H24N2O2/c1-10(2)9-16-7-3-6-13-8-12(15)14-11-4-5-11/h10-11,13H,3-9H2,1-2H3,(H,14,15). The van der Waals surface area contributed by atoms with Crippen LogP contribution in [0.5, 0.6) is 0 Å². The Morgan fingerprint density at radius 1 is 1.44 bits per heavy atom. The Kier molecular flexibility index (Phi) is 6.42. The van der Waals surface area contributed by atoms with Crippen molar-refractivity contribution in [3.8, 4) is 0 Å². The van der Waals surface area contributed by atoms with Gasteiger partial charge in [0.05, 0.1) is 6.54 Å². The van der Waals surface area contributed by atoms with Gasteiger partial charge in [-0.15, -0.1) is 0 Å². The molecule has 0 bridgehead atoms. The number of hydrogen-bond acceptors (Lipinski definition) is 3. The lowest BCUT2D eigenvalue weighted by Crippen LogP contribution is -2.35. The molecule has 4 nitrogen and oxygen atoms in total. The molecular weight excluding hydrogens is 204 g/mol. The van der Waals surface area contributed by atoms with Crippen molar-refractivity contribution < 1.29 is 9.53 Å². The average molecular weight is 228 g/mol. The molecule has 0 spiro atoms. The second-order valence-electron chi connectivity index (χ2n) is 4.84. The summed E-state index contributed by atoms with van der Waals surface area (Å²) in [6.07, 6.45) is 3.26. The van der Waals surface area contributed by atoms with E-state index in [1.54, 1.807) is 0 Å². The molecule has 94 valence electrons. The summed E-state index contributed by atoms with van der Waals surface area (Å²) in [6.45, 7) is 7.15. The fourth-order valence-corrected chi connectivity index (χ4v) is 1.33. The minimum atomic E-state index is 0.116. The molecule has 1 aliphatic carbocycles. The maximum Gasteiger partial charge on any atom is 0.234 e. The van der Waals surface area contributed by atoms with Gasteiger partial charge in [-0.25, -0.2) is 0 Å². The van der Waals surface area contributed by atoms with Crippen molar-refractivity contribution >= 4 is 5.91 Å². The van der Waals surface area contributed by atoms with E-state index >= 15 is 0 Å². The number of ether oxygens (including phenoxy) is 1. The minimum absolute atomic E-state index is 0.116. The van der Waals surface area contributed by atoms with Crippen LogP contribution in [0, 0.1) is 5.92 Å². The Morgan fingerprint density at radius 3 is 2.81 bits per heavy atom. The number of amides is 1. The van der Waals surface area contributed by atoms with Crippen LogP contribution in [0.25, 0.3) is 0 Å². The predicted molar refractivity (Wildman–Crippen MR) is 64.3 cm³/mol. The Morgan fingerprint density at radius 2 is 2.19 bits per heavy atom. The van der Waals surface area contributed by atoms with Crippen LogP contribution in [0.2, 0.25) is 0 Å². The maximum atomic E-state index is 11.3. The fraction of sp³-hybridized carbons (Fsp3) is 0.917. The molecule has 0 aromatic rings. The molecule has 4 heteroatoms. The Labute approximate surface area is 98.1 Å². The lowest BCUT2D eigenvalue weighted by atomic mass is 10.2. The summed E-state index contributed by atoms with van der Waals surface area (Å²) in [7, 11) is 0. The van der Waals surface area contributed by atoms with Gasteiger partial charge in [-0.05, 0) is 31.7 Å². The van der Waals surface area contributed by atoms with Crippen LogP contribution in [0.3, 0.4) is 0 Å². The number of nitrogens with one attached hydrogen (secondary N) is 2. The van der Waals surface area contributed by atoms with E-state index in [9.17, 15) is 4.79 Å². The SMILES string of the molecule is CC(C)COCCCNCC(=O)NC1CC1. The Balaban J connectivity index is 1.78. The number of carbonyl (C=O) groups excluding carboxylic acids is 1. The third-order valence-electron chi connectivity index (χ3n) is 2.32. The third kappa shape index (κ3) is 7.65. The fourth-order valence-electron chi connectivity index (χ4n) is 1.33. The molecule has 0 saturated heterocycles. The highest BCUT2D eigenvalue weighted by atomic mass is 16.5. The first-order chi connectivity index (χ1) is 7.68. The van der Waals surface area contributed by atoms with Gasteiger partial charge < -0.3 is 15.4 Å². The number of carbonyl (C=O) groups is 1. The van der Waals surface area contributed by atoms with Crippen molar-refractivity contribution in [1.82, 2.24) is 10.6 Å². The molecule has 0 radical (unpaired) electrons. The highest BCUT2D eigenvalue weighted by molar-refractivity contribution is 5.78. The van der Waals surface area contributed by atoms with Crippen molar-refractivity contribution in [3.05, 3.63) is 0 Å². The highest BCUT2D eigenvalue weighted by Gasteiger charge is 2.22. The number of hydrogen-bond donors (Lipinski definition) is 2. The van der Waals surface area contributed by atoms with Gasteiger partial charge >= 0.3 is 0 Å². The molecule has 1 saturated carbocycles. The largest absolute Gasteiger partial charge is 0.381 e. The van der Waals surface area contributed by atoms with Crippen LogP contribution in [0.15, 0.2) is 0 Å². The summed E-state index contributed by atoms with van der Waals surface area (Å²) in [5.41, 5.74) is 0. The van der Waals surface area contributed by atoms with E-state index in [0.717, 1.165) is 39.0 Å². The van der Waals surface area contributed by atoms with Crippen LogP contribution in [-0.4, -0.2) is 38.3 Å². The third-order valence-corrected chi connectivity index (χ3v) is 2.32. The molecule has 0 unspecified atom stereocenters. The minimum Gasteiger partial charge on any atom is -0.381 e. The quantitative estimate of drug-likeness (QED) is 0.577.